The SMILES string of the molecule is CC1CCN(CC(=O)Nc2ccccc2I)CC1CN. The van der Waals surface area contributed by atoms with E-state index in [0.717, 1.165) is 28.8 Å². The monoisotopic (exact) mass is 387 g/mol. The van der Waals surface area contributed by atoms with Crippen molar-refractivity contribution in [2.45, 2.75) is 13.3 Å². The Kier molecular flexibility index (Phi) is 5.80. The minimum Gasteiger partial charge on any atom is -0.330 e. The first kappa shape index (κ1) is 15.7. The molecule has 3 N–H and O–H groups in total. The van der Waals surface area contributed by atoms with Crippen molar-refractivity contribution in [3.63, 3.8) is 0 Å². The van der Waals surface area contributed by atoms with Gasteiger partial charge in [0.25, 0.3) is 0 Å². The zero-order chi connectivity index (χ0) is 14.5. The van der Waals surface area contributed by atoms with Crippen LogP contribution in [0.2, 0.25) is 0 Å². The Morgan fingerprint density at radius 1 is 1.50 bits per heavy atom. The third-order valence-electron chi connectivity index (χ3n) is 4.02. The predicted octanol–water partition coefficient (Wildman–Crippen LogP) is 2.15. The quantitative estimate of drug-likeness (QED) is 0.779. The van der Waals surface area contributed by atoms with Crippen molar-refractivity contribution in [3.05, 3.63) is 27.8 Å². The number of carbonyl (C=O) groups is 1. The van der Waals surface area contributed by atoms with Gasteiger partial charge in [-0.15, -0.1) is 0 Å². The fourth-order valence-corrected chi connectivity index (χ4v) is 3.15. The lowest BCUT2D eigenvalue weighted by Gasteiger charge is -2.36. The minimum absolute atomic E-state index is 0.0550. The second-order valence-corrected chi connectivity index (χ2v) is 6.69. The molecule has 0 saturated carbocycles. The molecular weight excluding hydrogens is 365 g/mol. The number of para-hydroxylation sites is 1. The molecule has 0 aromatic heterocycles. The fourth-order valence-electron chi connectivity index (χ4n) is 2.63. The average Bonchev–Trinajstić information content (AvgIpc) is 2.43. The highest BCUT2D eigenvalue weighted by Crippen LogP contribution is 2.22. The van der Waals surface area contributed by atoms with Crippen molar-refractivity contribution >= 4 is 34.2 Å². The van der Waals surface area contributed by atoms with Crippen LogP contribution >= 0.6 is 22.6 Å². The zero-order valence-corrected chi connectivity index (χ0v) is 14.0. The average molecular weight is 387 g/mol. The number of benzene rings is 1. The molecule has 4 nitrogen and oxygen atoms in total. The summed E-state index contributed by atoms with van der Waals surface area (Å²) >= 11 is 2.23. The van der Waals surface area contributed by atoms with Gasteiger partial charge in [0.2, 0.25) is 5.91 Å². The van der Waals surface area contributed by atoms with Crippen LogP contribution in [0.3, 0.4) is 0 Å². The number of anilines is 1. The number of nitrogens with zero attached hydrogens (tertiary/aromatic N) is 1. The number of hydrogen-bond acceptors (Lipinski definition) is 3. The first-order valence-corrected chi connectivity index (χ1v) is 8.15. The van der Waals surface area contributed by atoms with E-state index in [2.05, 4.69) is 39.7 Å². The molecule has 2 rings (SSSR count). The summed E-state index contributed by atoms with van der Waals surface area (Å²) in [5, 5.41) is 2.98. The van der Waals surface area contributed by atoms with Gasteiger partial charge in [-0.1, -0.05) is 19.1 Å². The summed E-state index contributed by atoms with van der Waals surface area (Å²) in [4.78, 5) is 14.3. The van der Waals surface area contributed by atoms with Gasteiger partial charge < -0.3 is 11.1 Å². The Morgan fingerprint density at radius 3 is 2.95 bits per heavy atom. The molecule has 2 unspecified atom stereocenters. The lowest BCUT2D eigenvalue weighted by molar-refractivity contribution is -0.117. The molecule has 0 spiro atoms. The second kappa shape index (κ2) is 7.38. The Bertz CT molecular complexity index is 466. The molecule has 1 aliphatic heterocycles. The molecule has 110 valence electrons. The summed E-state index contributed by atoms with van der Waals surface area (Å²) < 4.78 is 1.06. The number of amides is 1. The van der Waals surface area contributed by atoms with Gasteiger partial charge in [-0.2, -0.15) is 0 Å². The van der Waals surface area contributed by atoms with Gasteiger partial charge in [0.05, 0.1) is 12.2 Å². The van der Waals surface area contributed by atoms with Crippen molar-refractivity contribution in [2.75, 3.05) is 31.5 Å². The van der Waals surface area contributed by atoms with Crippen LogP contribution in [0.4, 0.5) is 5.69 Å². The molecular formula is C15H22IN3O. The molecule has 0 aliphatic carbocycles. The molecule has 5 heteroatoms. The van der Waals surface area contributed by atoms with E-state index >= 15 is 0 Å². The zero-order valence-electron chi connectivity index (χ0n) is 11.8. The number of piperidine rings is 1. The van der Waals surface area contributed by atoms with Crippen LogP contribution in [0.25, 0.3) is 0 Å². The van der Waals surface area contributed by atoms with E-state index in [9.17, 15) is 4.79 Å². The third-order valence-corrected chi connectivity index (χ3v) is 4.96. The van der Waals surface area contributed by atoms with Crippen LogP contribution in [-0.2, 0) is 4.79 Å². The van der Waals surface area contributed by atoms with Gasteiger partial charge in [0, 0.05) is 10.1 Å². The van der Waals surface area contributed by atoms with E-state index < -0.39 is 0 Å². The molecule has 2 atom stereocenters. The molecule has 1 heterocycles. The second-order valence-electron chi connectivity index (χ2n) is 5.52. The lowest BCUT2D eigenvalue weighted by atomic mass is 9.87. The van der Waals surface area contributed by atoms with E-state index in [1.807, 2.05) is 24.3 Å². The first-order valence-electron chi connectivity index (χ1n) is 7.07. The van der Waals surface area contributed by atoms with Gasteiger partial charge in [-0.05, 0) is 66.1 Å². The van der Waals surface area contributed by atoms with Gasteiger partial charge in [-0.3, -0.25) is 9.69 Å². The van der Waals surface area contributed by atoms with Gasteiger partial charge in [0.1, 0.15) is 0 Å². The van der Waals surface area contributed by atoms with Crippen molar-refractivity contribution in [3.8, 4) is 0 Å². The molecule has 1 aliphatic rings. The van der Waals surface area contributed by atoms with Crippen LogP contribution in [-0.4, -0.2) is 37.0 Å². The largest absolute Gasteiger partial charge is 0.330 e. The highest BCUT2D eigenvalue weighted by Gasteiger charge is 2.26. The minimum atomic E-state index is 0.0550. The van der Waals surface area contributed by atoms with Crippen LogP contribution in [0.1, 0.15) is 13.3 Å². The highest BCUT2D eigenvalue weighted by atomic mass is 127. The number of halogens is 1. The molecule has 1 aromatic rings. The molecule has 1 amide bonds. The number of rotatable bonds is 4. The summed E-state index contributed by atoms with van der Waals surface area (Å²) in [6, 6.07) is 7.82. The third kappa shape index (κ3) is 4.17. The Labute approximate surface area is 134 Å². The molecule has 20 heavy (non-hydrogen) atoms. The summed E-state index contributed by atoms with van der Waals surface area (Å²) in [5.41, 5.74) is 6.69. The van der Waals surface area contributed by atoms with Crippen molar-refractivity contribution in [2.24, 2.45) is 17.6 Å². The maximum atomic E-state index is 12.1. The van der Waals surface area contributed by atoms with E-state index in [-0.39, 0.29) is 5.91 Å². The normalized spacial score (nSPS) is 23.6. The Morgan fingerprint density at radius 2 is 2.25 bits per heavy atom. The van der Waals surface area contributed by atoms with E-state index in [4.69, 9.17) is 5.73 Å². The lowest BCUT2D eigenvalue weighted by Crippen LogP contribution is -2.45. The van der Waals surface area contributed by atoms with Gasteiger partial charge >= 0.3 is 0 Å². The number of carbonyl (C=O) groups excluding carboxylic acids is 1. The fraction of sp³-hybridized carbons (Fsp3) is 0.533. The topological polar surface area (TPSA) is 58.4 Å². The number of nitrogens with one attached hydrogen (secondary N) is 1. The Hall–Kier alpha value is -0.660. The van der Waals surface area contributed by atoms with Crippen LogP contribution in [0, 0.1) is 15.4 Å². The van der Waals surface area contributed by atoms with E-state index in [1.165, 1.54) is 0 Å². The van der Waals surface area contributed by atoms with Crippen molar-refractivity contribution < 1.29 is 4.79 Å². The highest BCUT2D eigenvalue weighted by molar-refractivity contribution is 14.1. The number of likely N-dealkylation sites (tertiary alicyclic amines) is 1. The van der Waals surface area contributed by atoms with Gasteiger partial charge in [0.15, 0.2) is 0 Å². The van der Waals surface area contributed by atoms with Crippen LogP contribution in [0.5, 0.6) is 0 Å². The maximum Gasteiger partial charge on any atom is 0.238 e. The maximum absolute atomic E-state index is 12.1. The summed E-state index contributed by atoms with van der Waals surface area (Å²) in [7, 11) is 0. The molecule has 0 radical (unpaired) electrons. The molecule has 1 aromatic carbocycles. The van der Waals surface area contributed by atoms with Crippen LogP contribution in [0.15, 0.2) is 24.3 Å². The smallest absolute Gasteiger partial charge is 0.238 e. The summed E-state index contributed by atoms with van der Waals surface area (Å²) in [5.74, 6) is 1.22. The van der Waals surface area contributed by atoms with E-state index in [1.54, 1.807) is 0 Å². The molecule has 1 saturated heterocycles. The summed E-state index contributed by atoms with van der Waals surface area (Å²) in [6.45, 7) is 5.32. The van der Waals surface area contributed by atoms with Crippen LogP contribution < -0.4 is 11.1 Å². The number of nitrogens with two attached hydrogens (primary N) is 1. The molecule has 1 fully saturated rings. The van der Waals surface area contributed by atoms with Crippen molar-refractivity contribution in [1.82, 2.24) is 4.90 Å². The first-order chi connectivity index (χ1) is 9.60. The standard InChI is InChI=1S/C15H22IN3O/c1-11-6-7-19(9-12(11)8-17)10-15(20)18-14-5-3-2-4-13(14)16/h2-5,11-12H,6-10,17H2,1H3,(H,18,20). The molecule has 0 bridgehead atoms. The summed E-state index contributed by atoms with van der Waals surface area (Å²) in [6.07, 6.45) is 1.12. The van der Waals surface area contributed by atoms with Gasteiger partial charge in [-0.25, -0.2) is 0 Å². The predicted molar refractivity (Wildman–Crippen MR) is 90.6 cm³/mol. The van der Waals surface area contributed by atoms with E-state index in [0.29, 0.717) is 24.9 Å². The Balaban J connectivity index is 1.87. The van der Waals surface area contributed by atoms with Crippen molar-refractivity contribution in [1.29, 1.82) is 0 Å². The number of hydrogen-bond donors (Lipinski definition) is 2.